The Labute approximate surface area is 82.3 Å². The summed E-state index contributed by atoms with van der Waals surface area (Å²) in [6.07, 6.45) is 3.09. The zero-order chi connectivity index (χ0) is 10.6. The van der Waals surface area contributed by atoms with E-state index in [2.05, 4.69) is 6.58 Å². The molecule has 3 nitrogen and oxygen atoms in total. The molecule has 0 saturated carbocycles. The largest absolute Gasteiger partial charge is 0.508 e. The molecule has 0 atom stereocenters. The number of benzene rings is 1. The lowest BCUT2D eigenvalue weighted by molar-refractivity contribution is 0.349. The van der Waals surface area contributed by atoms with Crippen LogP contribution in [-0.2, 0) is 0 Å². The number of aliphatic hydroxyl groups is 1. The van der Waals surface area contributed by atoms with Gasteiger partial charge in [0.25, 0.3) is 0 Å². The Hall–Kier alpha value is -1.74. The molecule has 0 heterocycles. The third kappa shape index (κ3) is 2.14. The Bertz CT molecular complexity index is 367. The zero-order valence-electron chi connectivity index (χ0n) is 7.64. The maximum Gasteiger partial charge on any atom is 0.123 e. The maximum atomic E-state index is 9.47. The number of phenols is 2. The van der Waals surface area contributed by atoms with Gasteiger partial charge < -0.3 is 15.3 Å². The summed E-state index contributed by atoms with van der Waals surface area (Å²) in [4.78, 5) is 0. The summed E-state index contributed by atoms with van der Waals surface area (Å²) >= 11 is 0. The summed E-state index contributed by atoms with van der Waals surface area (Å²) in [7, 11) is 0. The first kappa shape index (κ1) is 10.3. The minimum Gasteiger partial charge on any atom is -0.508 e. The first-order valence-electron chi connectivity index (χ1n) is 4.14. The van der Waals surface area contributed by atoms with Crippen LogP contribution in [0.4, 0.5) is 0 Å². The molecule has 0 radical (unpaired) electrons. The van der Waals surface area contributed by atoms with Gasteiger partial charge in [0.15, 0.2) is 0 Å². The van der Waals surface area contributed by atoms with Crippen molar-refractivity contribution in [1.29, 1.82) is 0 Å². The van der Waals surface area contributed by atoms with E-state index < -0.39 is 0 Å². The predicted octanol–water partition coefficient (Wildman–Crippen LogP) is 1.66. The molecule has 0 aliphatic carbocycles. The molecule has 1 rings (SSSR count). The molecule has 0 aliphatic heterocycles. The Morgan fingerprint density at radius 1 is 1.36 bits per heavy atom. The molecular formula is C11H12O3. The van der Waals surface area contributed by atoms with Crippen LogP contribution in [-0.4, -0.2) is 21.9 Å². The SMILES string of the molecule is C=C/C=C(/CO)c1cc(O)ccc1O. The van der Waals surface area contributed by atoms with Gasteiger partial charge in [-0.15, -0.1) is 0 Å². The van der Waals surface area contributed by atoms with Crippen LogP contribution in [0, 0.1) is 0 Å². The molecule has 1 aromatic rings. The van der Waals surface area contributed by atoms with E-state index in [0.717, 1.165) is 0 Å². The number of aromatic hydroxyl groups is 2. The number of hydrogen-bond donors (Lipinski definition) is 3. The number of aliphatic hydroxyl groups excluding tert-OH is 1. The topological polar surface area (TPSA) is 60.7 Å². The number of rotatable bonds is 3. The van der Waals surface area contributed by atoms with E-state index in [0.29, 0.717) is 11.1 Å². The van der Waals surface area contributed by atoms with Gasteiger partial charge in [0, 0.05) is 5.56 Å². The van der Waals surface area contributed by atoms with Crippen LogP contribution in [0.15, 0.2) is 36.9 Å². The number of hydrogen-bond acceptors (Lipinski definition) is 3. The van der Waals surface area contributed by atoms with Crippen molar-refractivity contribution in [2.45, 2.75) is 0 Å². The van der Waals surface area contributed by atoms with Crippen LogP contribution < -0.4 is 0 Å². The number of phenolic OH excluding ortho intramolecular Hbond substituents is 2. The highest BCUT2D eigenvalue weighted by Crippen LogP contribution is 2.28. The van der Waals surface area contributed by atoms with Gasteiger partial charge >= 0.3 is 0 Å². The van der Waals surface area contributed by atoms with Gasteiger partial charge in [-0.2, -0.15) is 0 Å². The van der Waals surface area contributed by atoms with Gasteiger partial charge in [-0.25, -0.2) is 0 Å². The van der Waals surface area contributed by atoms with E-state index in [1.165, 1.54) is 24.3 Å². The molecule has 1 aromatic carbocycles. The minimum absolute atomic E-state index is 0.0185. The van der Waals surface area contributed by atoms with Crippen molar-refractivity contribution in [1.82, 2.24) is 0 Å². The lowest BCUT2D eigenvalue weighted by Crippen LogP contribution is -1.90. The molecule has 3 N–H and O–H groups in total. The van der Waals surface area contributed by atoms with Crippen molar-refractivity contribution >= 4 is 5.57 Å². The van der Waals surface area contributed by atoms with E-state index in [9.17, 15) is 10.2 Å². The van der Waals surface area contributed by atoms with E-state index in [1.807, 2.05) is 0 Å². The fourth-order valence-electron chi connectivity index (χ4n) is 1.15. The molecule has 0 fully saturated rings. The van der Waals surface area contributed by atoms with E-state index in [1.54, 1.807) is 6.08 Å². The van der Waals surface area contributed by atoms with E-state index >= 15 is 0 Å². The Morgan fingerprint density at radius 2 is 2.07 bits per heavy atom. The highest BCUT2D eigenvalue weighted by atomic mass is 16.3. The second-order valence-corrected chi connectivity index (χ2v) is 2.79. The summed E-state index contributed by atoms with van der Waals surface area (Å²) in [5.41, 5.74) is 0.917. The van der Waals surface area contributed by atoms with Crippen LogP contribution in [0.1, 0.15) is 5.56 Å². The van der Waals surface area contributed by atoms with Crippen LogP contribution in [0.25, 0.3) is 5.57 Å². The molecule has 0 aromatic heterocycles. The van der Waals surface area contributed by atoms with E-state index in [4.69, 9.17) is 5.11 Å². The third-order valence-electron chi connectivity index (χ3n) is 1.82. The molecule has 3 heteroatoms. The lowest BCUT2D eigenvalue weighted by atomic mass is 10.0. The van der Waals surface area contributed by atoms with Crippen molar-refractivity contribution in [3.05, 3.63) is 42.5 Å². The average molecular weight is 192 g/mol. The molecule has 0 saturated heterocycles. The first-order valence-corrected chi connectivity index (χ1v) is 4.14. The van der Waals surface area contributed by atoms with Crippen LogP contribution in [0.3, 0.4) is 0 Å². The lowest BCUT2D eigenvalue weighted by Gasteiger charge is -2.06. The standard InChI is InChI=1S/C11H12O3/c1-2-3-8(7-12)10-6-9(13)4-5-11(10)14/h2-6,12-14H,1,7H2/b8-3-. The quantitative estimate of drug-likeness (QED) is 0.504. The molecule has 74 valence electrons. The summed E-state index contributed by atoms with van der Waals surface area (Å²) in [6, 6.07) is 4.14. The summed E-state index contributed by atoms with van der Waals surface area (Å²) < 4.78 is 0. The fraction of sp³-hybridized carbons (Fsp3) is 0.0909. The minimum atomic E-state index is -0.219. The molecular weight excluding hydrogens is 180 g/mol. The predicted molar refractivity (Wildman–Crippen MR) is 55.0 cm³/mol. The third-order valence-corrected chi connectivity index (χ3v) is 1.82. The van der Waals surface area contributed by atoms with Crippen molar-refractivity contribution in [3.8, 4) is 11.5 Å². The summed E-state index contributed by atoms with van der Waals surface area (Å²) in [6.45, 7) is 3.28. The smallest absolute Gasteiger partial charge is 0.123 e. The molecule has 0 unspecified atom stereocenters. The second-order valence-electron chi connectivity index (χ2n) is 2.79. The van der Waals surface area contributed by atoms with Crippen LogP contribution in [0.5, 0.6) is 11.5 Å². The van der Waals surface area contributed by atoms with Gasteiger partial charge in [0.1, 0.15) is 11.5 Å². The molecule has 0 amide bonds. The fourth-order valence-corrected chi connectivity index (χ4v) is 1.15. The van der Waals surface area contributed by atoms with Crippen molar-refractivity contribution in [2.75, 3.05) is 6.61 Å². The Kier molecular flexibility index (Phi) is 3.31. The molecule has 14 heavy (non-hydrogen) atoms. The first-order chi connectivity index (χ1) is 6.69. The zero-order valence-corrected chi connectivity index (χ0v) is 7.64. The Balaban J connectivity index is 3.21. The van der Waals surface area contributed by atoms with Crippen molar-refractivity contribution in [3.63, 3.8) is 0 Å². The summed E-state index contributed by atoms with van der Waals surface area (Å²) in [5.74, 6) is 0.0613. The highest BCUT2D eigenvalue weighted by molar-refractivity contribution is 5.72. The van der Waals surface area contributed by atoms with Crippen LogP contribution in [0.2, 0.25) is 0 Å². The second kappa shape index (κ2) is 4.48. The van der Waals surface area contributed by atoms with Crippen molar-refractivity contribution < 1.29 is 15.3 Å². The number of allylic oxidation sites excluding steroid dienone is 2. The van der Waals surface area contributed by atoms with Gasteiger partial charge in [-0.3, -0.25) is 0 Å². The molecule has 0 bridgehead atoms. The van der Waals surface area contributed by atoms with Gasteiger partial charge in [-0.05, 0) is 23.8 Å². The molecule has 0 spiro atoms. The van der Waals surface area contributed by atoms with Gasteiger partial charge in [0.2, 0.25) is 0 Å². The highest BCUT2D eigenvalue weighted by Gasteiger charge is 2.06. The van der Waals surface area contributed by atoms with Crippen molar-refractivity contribution in [2.24, 2.45) is 0 Å². The maximum absolute atomic E-state index is 9.47. The van der Waals surface area contributed by atoms with Gasteiger partial charge in [0.05, 0.1) is 6.61 Å². The van der Waals surface area contributed by atoms with E-state index in [-0.39, 0.29) is 18.1 Å². The van der Waals surface area contributed by atoms with Gasteiger partial charge in [-0.1, -0.05) is 18.7 Å². The Morgan fingerprint density at radius 3 is 2.64 bits per heavy atom. The molecule has 0 aliphatic rings. The normalized spacial score (nSPS) is 11.4. The summed E-state index contributed by atoms with van der Waals surface area (Å²) in [5, 5.41) is 27.7. The monoisotopic (exact) mass is 192 g/mol. The van der Waals surface area contributed by atoms with Crippen LogP contribution >= 0.6 is 0 Å². The average Bonchev–Trinajstić information content (AvgIpc) is 2.18.